The van der Waals surface area contributed by atoms with Crippen LogP contribution in [-0.4, -0.2) is 29.9 Å². The Morgan fingerprint density at radius 3 is 2.65 bits per heavy atom. The Bertz CT molecular complexity index is 673. The molecule has 1 aromatic carbocycles. The molecule has 0 aliphatic heterocycles. The van der Waals surface area contributed by atoms with Crippen LogP contribution in [0.5, 0.6) is 0 Å². The van der Waals surface area contributed by atoms with Gasteiger partial charge in [-0.2, -0.15) is 0 Å². The summed E-state index contributed by atoms with van der Waals surface area (Å²) in [6.45, 7) is 2.09. The molecule has 1 atom stereocenters. The Morgan fingerprint density at radius 1 is 1.26 bits per heavy atom. The van der Waals surface area contributed by atoms with E-state index in [2.05, 4.69) is 10.6 Å². The summed E-state index contributed by atoms with van der Waals surface area (Å²) in [5.74, 6) is -0.353. The zero-order valence-electron chi connectivity index (χ0n) is 12.9. The number of likely N-dealkylation sites (N-methyl/N-ethyl adjacent to an activating group) is 1. The van der Waals surface area contributed by atoms with Gasteiger partial charge in [0.1, 0.15) is 11.6 Å². The number of imide groups is 1. The molecular formula is C16H18FN3O3. The molecule has 2 rings (SSSR count). The smallest absolute Gasteiger partial charge is 0.326 e. The van der Waals surface area contributed by atoms with E-state index in [0.29, 0.717) is 12.3 Å². The van der Waals surface area contributed by atoms with Crippen molar-refractivity contribution >= 4 is 17.6 Å². The molecule has 1 heterocycles. The number of anilines is 1. The summed E-state index contributed by atoms with van der Waals surface area (Å²) in [5, 5.41) is 4.49. The minimum atomic E-state index is -0.779. The van der Waals surface area contributed by atoms with E-state index in [1.165, 1.54) is 18.2 Å². The van der Waals surface area contributed by atoms with Crippen molar-refractivity contribution in [2.75, 3.05) is 12.4 Å². The van der Waals surface area contributed by atoms with E-state index >= 15 is 0 Å². The summed E-state index contributed by atoms with van der Waals surface area (Å²) < 4.78 is 18.7. The number of hydrogen-bond acceptors (Lipinski definition) is 4. The van der Waals surface area contributed by atoms with Gasteiger partial charge in [0.2, 0.25) is 5.91 Å². The number of benzene rings is 1. The molecule has 3 amide bonds. The second kappa shape index (κ2) is 7.55. The molecule has 0 saturated heterocycles. The number of halogens is 1. The standard InChI is InChI=1S/C16H18FN3O3/c1-11(20(2)10-12-6-5-9-23-12)15(21)19-16(22)18-14-8-4-3-7-13(14)17/h3-9,11H,10H2,1-2H3,(H2,18,19,21,22). The third-order valence-corrected chi connectivity index (χ3v) is 3.38. The Labute approximate surface area is 133 Å². The lowest BCUT2D eigenvalue weighted by molar-refractivity contribution is -0.124. The second-order valence-electron chi connectivity index (χ2n) is 5.09. The third kappa shape index (κ3) is 4.65. The number of carbonyl (C=O) groups is 2. The van der Waals surface area contributed by atoms with Crippen LogP contribution in [0.15, 0.2) is 47.1 Å². The van der Waals surface area contributed by atoms with E-state index in [4.69, 9.17) is 4.42 Å². The lowest BCUT2D eigenvalue weighted by Gasteiger charge is -2.22. The number of carbonyl (C=O) groups excluding carboxylic acids is 2. The molecule has 0 bridgehead atoms. The number of nitrogens with one attached hydrogen (secondary N) is 2. The zero-order chi connectivity index (χ0) is 16.8. The quantitative estimate of drug-likeness (QED) is 0.888. The Kier molecular flexibility index (Phi) is 5.48. The monoisotopic (exact) mass is 319 g/mol. The number of nitrogens with zero attached hydrogens (tertiary/aromatic N) is 1. The topological polar surface area (TPSA) is 74.6 Å². The van der Waals surface area contributed by atoms with Crippen LogP contribution in [0.25, 0.3) is 0 Å². The Hall–Kier alpha value is -2.67. The molecule has 0 aliphatic rings. The summed E-state index contributed by atoms with van der Waals surface area (Å²) >= 11 is 0. The van der Waals surface area contributed by atoms with E-state index in [1.807, 2.05) is 0 Å². The van der Waals surface area contributed by atoms with Crippen LogP contribution in [0.3, 0.4) is 0 Å². The van der Waals surface area contributed by atoms with Crippen LogP contribution in [0, 0.1) is 5.82 Å². The molecule has 2 aromatic rings. The fourth-order valence-electron chi connectivity index (χ4n) is 1.92. The molecule has 1 unspecified atom stereocenters. The summed E-state index contributed by atoms with van der Waals surface area (Å²) in [6.07, 6.45) is 1.55. The lowest BCUT2D eigenvalue weighted by atomic mass is 10.2. The molecule has 0 aliphatic carbocycles. The van der Waals surface area contributed by atoms with Gasteiger partial charge in [-0.3, -0.25) is 15.0 Å². The average molecular weight is 319 g/mol. The van der Waals surface area contributed by atoms with E-state index in [0.717, 1.165) is 0 Å². The minimum absolute atomic E-state index is 0.00870. The van der Waals surface area contributed by atoms with Crippen molar-refractivity contribution in [1.29, 1.82) is 0 Å². The van der Waals surface area contributed by atoms with Crippen molar-refractivity contribution in [2.24, 2.45) is 0 Å². The van der Waals surface area contributed by atoms with Crippen molar-refractivity contribution in [2.45, 2.75) is 19.5 Å². The highest BCUT2D eigenvalue weighted by atomic mass is 19.1. The highest BCUT2D eigenvalue weighted by Crippen LogP contribution is 2.12. The number of para-hydroxylation sites is 1. The van der Waals surface area contributed by atoms with Crippen LogP contribution >= 0.6 is 0 Å². The van der Waals surface area contributed by atoms with Crippen molar-refractivity contribution in [3.63, 3.8) is 0 Å². The van der Waals surface area contributed by atoms with Gasteiger partial charge >= 0.3 is 6.03 Å². The van der Waals surface area contributed by atoms with E-state index in [9.17, 15) is 14.0 Å². The second-order valence-corrected chi connectivity index (χ2v) is 5.09. The molecular weight excluding hydrogens is 301 g/mol. The lowest BCUT2D eigenvalue weighted by Crippen LogP contribution is -2.46. The summed E-state index contributed by atoms with van der Waals surface area (Å²) in [7, 11) is 1.74. The van der Waals surface area contributed by atoms with Crippen molar-refractivity contribution in [1.82, 2.24) is 10.2 Å². The Morgan fingerprint density at radius 2 is 2.00 bits per heavy atom. The van der Waals surface area contributed by atoms with Crippen LogP contribution in [0.1, 0.15) is 12.7 Å². The number of furan rings is 1. The minimum Gasteiger partial charge on any atom is -0.468 e. The maximum Gasteiger partial charge on any atom is 0.326 e. The van der Waals surface area contributed by atoms with Gasteiger partial charge in [0.05, 0.1) is 24.5 Å². The highest BCUT2D eigenvalue weighted by Gasteiger charge is 2.21. The van der Waals surface area contributed by atoms with Gasteiger partial charge in [0.25, 0.3) is 0 Å². The van der Waals surface area contributed by atoms with Crippen molar-refractivity contribution in [3.05, 3.63) is 54.2 Å². The molecule has 2 N–H and O–H groups in total. The van der Waals surface area contributed by atoms with Gasteiger partial charge in [0.15, 0.2) is 0 Å². The van der Waals surface area contributed by atoms with Gasteiger partial charge in [-0.1, -0.05) is 12.1 Å². The molecule has 23 heavy (non-hydrogen) atoms. The predicted octanol–water partition coefficient (Wildman–Crippen LogP) is 2.59. The van der Waals surface area contributed by atoms with E-state index < -0.39 is 23.8 Å². The SMILES string of the molecule is CC(C(=O)NC(=O)Nc1ccccc1F)N(C)Cc1ccco1. The van der Waals surface area contributed by atoms with Gasteiger partial charge in [0, 0.05) is 0 Å². The first-order valence-electron chi connectivity index (χ1n) is 7.06. The molecule has 0 spiro atoms. The fourth-order valence-corrected chi connectivity index (χ4v) is 1.92. The predicted molar refractivity (Wildman–Crippen MR) is 83.2 cm³/mol. The van der Waals surface area contributed by atoms with E-state index in [-0.39, 0.29) is 5.69 Å². The maximum atomic E-state index is 13.4. The van der Waals surface area contributed by atoms with Gasteiger partial charge in [-0.25, -0.2) is 9.18 Å². The normalized spacial score (nSPS) is 12.0. The molecule has 122 valence electrons. The average Bonchev–Trinajstić information content (AvgIpc) is 3.01. The number of urea groups is 1. The molecule has 1 aromatic heterocycles. The van der Waals surface area contributed by atoms with Crippen molar-refractivity contribution in [3.8, 4) is 0 Å². The first kappa shape index (κ1) is 16.7. The van der Waals surface area contributed by atoms with E-state index in [1.54, 1.807) is 43.3 Å². The van der Waals surface area contributed by atoms with Crippen LogP contribution in [0.2, 0.25) is 0 Å². The molecule has 0 saturated carbocycles. The largest absolute Gasteiger partial charge is 0.468 e. The zero-order valence-corrected chi connectivity index (χ0v) is 12.9. The van der Waals surface area contributed by atoms with Gasteiger partial charge in [-0.15, -0.1) is 0 Å². The van der Waals surface area contributed by atoms with Gasteiger partial charge < -0.3 is 9.73 Å². The molecule has 0 radical (unpaired) electrons. The van der Waals surface area contributed by atoms with Crippen LogP contribution in [0.4, 0.5) is 14.9 Å². The maximum absolute atomic E-state index is 13.4. The fraction of sp³-hybridized carbons (Fsp3) is 0.250. The Balaban J connectivity index is 1.87. The number of rotatable bonds is 5. The number of amides is 3. The summed E-state index contributed by atoms with van der Waals surface area (Å²) in [5.41, 5.74) is 0.00870. The first-order valence-corrected chi connectivity index (χ1v) is 7.06. The van der Waals surface area contributed by atoms with Crippen LogP contribution < -0.4 is 10.6 Å². The summed E-state index contributed by atoms with van der Waals surface area (Å²) in [6, 6.07) is 7.94. The van der Waals surface area contributed by atoms with Gasteiger partial charge in [-0.05, 0) is 38.2 Å². The molecule has 6 nitrogen and oxygen atoms in total. The van der Waals surface area contributed by atoms with Crippen LogP contribution in [-0.2, 0) is 11.3 Å². The summed E-state index contributed by atoms with van der Waals surface area (Å²) in [4.78, 5) is 25.6. The molecule has 0 fully saturated rings. The first-order chi connectivity index (χ1) is 11.0. The highest BCUT2D eigenvalue weighted by molar-refractivity contribution is 6.02. The van der Waals surface area contributed by atoms with Crippen molar-refractivity contribution < 1.29 is 18.4 Å². The number of hydrogen-bond donors (Lipinski definition) is 2. The third-order valence-electron chi connectivity index (χ3n) is 3.38. The molecule has 7 heteroatoms.